The van der Waals surface area contributed by atoms with Gasteiger partial charge in [0.2, 0.25) is 0 Å². The summed E-state index contributed by atoms with van der Waals surface area (Å²) in [6.07, 6.45) is 7.38. The molecule has 0 radical (unpaired) electrons. The lowest BCUT2D eigenvalue weighted by Crippen LogP contribution is -2.46. The van der Waals surface area contributed by atoms with Crippen molar-refractivity contribution in [3.8, 4) is 0 Å². The number of hydrogen-bond donors (Lipinski definition) is 3. The van der Waals surface area contributed by atoms with Gasteiger partial charge in [-0.15, -0.1) is 0 Å². The van der Waals surface area contributed by atoms with Crippen LogP contribution >= 0.6 is 0 Å². The van der Waals surface area contributed by atoms with Gasteiger partial charge in [-0.05, 0) is 49.9 Å². The first kappa shape index (κ1) is 19.5. The van der Waals surface area contributed by atoms with Crippen LogP contribution in [0.25, 0.3) is 0 Å². The lowest BCUT2D eigenvalue weighted by molar-refractivity contribution is 0.125. The number of nitrogens with one attached hydrogen (secondary N) is 2. The molecule has 5 heteroatoms. The molecule has 2 aliphatic rings. The third-order valence-electron chi connectivity index (χ3n) is 5.98. The van der Waals surface area contributed by atoms with Crippen LogP contribution in [0.5, 0.6) is 0 Å². The van der Waals surface area contributed by atoms with E-state index in [1.165, 1.54) is 19.3 Å². The molecule has 0 spiro atoms. The van der Waals surface area contributed by atoms with Gasteiger partial charge in [-0.1, -0.05) is 27.2 Å². The fourth-order valence-electron chi connectivity index (χ4n) is 4.13. The maximum absolute atomic E-state index is 12.3. The van der Waals surface area contributed by atoms with Gasteiger partial charge in [0.25, 0.3) is 0 Å². The molecule has 140 valence electrons. The van der Waals surface area contributed by atoms with Gasteiger partial charge >= 0.3 is 6.03 Å². The van der Waals surface area contributed by atoms with Gasteiger partial charge in [-0.3, -0.25) is 0 Å². The lowest BCUT2D eigenvalue weighted by Gasteiger charge is -2.30. The molecule has 2 amide bonds. The summed E-state index contributed by atoms with van der Waals surface area (Å²) in [6, 6.07) is 0.212. The Morgan fingerprint density at radius 3 is 2.67 bits per heavy atom. The Morgan fingerprint density at radius 2 is 2.04 bits per heavy atom. The van der Waals surface area contributed by atoms with Crippen molar-refractivity contribution in [2.75, 3.05) is 26.4 Å². The smallest absolute Gasteiger partial charge is 0.315 e. The Morgan fingerprint density at radius 1 is 1.25 bits per heavy atom. The van der Waals surface area contributed by atoms with Crippen molar-refractivity contribution in [1.82, 2.24) is 10.6 Å². The van der Waals surface area contributed by atoms with Crippen LogP contribution < -0.4 is 10.6 Å². The number of carbonyl (C=O) groups excluding carboxylic acids is 1. The summed E-state index contributed by atoms with van der Waals surface area (Å²) in [6.45, 7) is 9.04. The van der Waals surface area contributed by atoms with E-state index >= 15 is 0 Å². The molecule has 2 rings (SSSR count). The molecule has 1 heterocycles. The molecular weight excluding hydrogens is 304 g/mol. The van der Waals surface area contributed by atoms with Crippen LogP contribution in [0.2, 0.25) is 0 Å². The van der Waals surface area contributed by atoms with Crippen molar-refractivity contribution in [2.24, 2.45) is 16.7 Å². The van der Waals surface area contributed by atoms with Crippen LogP contribution in [0.3, 0.4) is 0 Å². The molecule has 1 saturated heterocycles. The van der Waals surface area contributed by atoms with Gasteiger partial charge in [0.15, 0.2) is 0 Å². The maximum atomic E-state index is 12.3. The third-order valence-corrected chi connectivity index (χ3v) is 5.98. The van der Waals surface area contributed by atoms with E-state index < -0.39 is 0 Å². The van der Waals surface area contributed by atoms with Crippen LogP contribution in [-0.4, -0.2) is 43.5 Å². The lowest BCUT2D eigenvalue weighted by atomic mass is 9.76. The SMILES string of the molecule is CC(C)(C)[C@@H]1CCC[C@@H](NC(=O)NC[C@@]2(CCO)CCOC2)CC1. The van der Waals surface area contributed by atoms with Crippen molar-refractivity contribution in [2.45, 2.75) is 71.8 Å². The molecule has 24 heavy (non-hydrogen) atoms. The molecule has 0 aromatic carbocycles. The second-order valence-electron chi connectivity index (χ2n) is 8.87. The van der Waals surface area contributed by atoms with Crippen molar-refractivity contribution in [3.63, 3.8) is 0 Å². The summed E-state index contributed by atoms with van der Waals surface area (Å²) in [5.41, 5.74) is 0.267. The second-order valence-corrected chi connectivity index (χ2v) is 8.87. The number of carbonyl (C=O) groups is 1. The Labute approximate surface area is 146 Å². The summed E-state index contributed by atoms with van der Waals surface area (Å²) in [5, 5.41) is 15.4. The van der Waals surface area contributed by atoms with Gasteiger partial charge in [0.05, 0.1) is 6.61 Å². The minimum absolute atomic E-state index is 0.0709. The van der Waals surface area contributed by atoms with E-state index in [9.17, 15) is 9.90 Å². The molecule has 0 aromatic rings. The zero-order valence-electron chi connectivity index (χ0n) is 15.7. The summed E-state index contributed by atoms with van der Waals surface area (Å²) in [7, 11) is 0. The molecule has 5 nitrogen and oxygen atoms in total. The summed E-state index contributed by atoms with van der Waals surface area (Å²) in [4.78, 5) is 12.3. The normalized spacial score (nSPS) is 31.5. The highest BCUT2D eigenvalue weighted by Gasteiger charge is 2.35. The summed E-state index contributed by atoms with van der Waals surface area (Å²) >= 11 is 0. The molecule has 3 N–H and O–H groups in total. The highest BCUT2D eigenvalue weighted by molar-refractivity contribution is 5.74. The van der Waals surface area contributed by atoms with E-state index in [0.29, 0.717) is 25.0 Å². The Hall–Kier alpha value is -0.810. The number of amides is 2. The van der Waals surface area contributed by atoms with E-state index in [4.69, 9.17) is 4.74 Å². The first-order chi connectivity index (χ1) is 11.3. The molecule has 3 atom stereocenters. The number of urea groups is 1. The number of aliphatic hydroxyl groups is 1. The highest BCUT2D eigenvalue weighted by atomic mass is 16.5. The average molecular weight is 341 g/mol. The van der Waals surface area contributed by atoms with Crippen LogP contribution in [0.4, 0.5) is 4.79 Å². The largest absolute Gasteiger partial charge is 0.396 e. The van der Waals surface area contributed by atoms with Crippen LogP contribution in [0, 0.1) is 16.7 Å². The van der Waals surface area contributed by atoms with Gasteiger partial charge < -0.3 is 20.5 Å². The van der Waals surface area contributed by atoms with E-state index in [-0.39, 0.29) is 24.1 Å². The predicted octanol–water partition coefficient (Wildman–Crippen LogP) is 3.07. The van der Waals surface area contributed by atoms with Gasteiger partial charge in [-0.25, -0.2) is 4.79 Å². The molecule has 2 fully saturated rings. The monoisotopic (exact) mass is 340 g/mol. The number of aliphatic hydroxyl groups excluding tert-OH is 1. The standard InChI is InChI=1S/C19H36N2O3/c1-18(2,3)15-5-4-6-16(8-7-15)21-17(23)20-13-19(9-11-22)10-12-24-14-19/h15-16,22H,4-14H2,1-3H3,(H2,20,21,23)/t15-,16-,19-/m1/s1. The number of ether oxygens (including phenoxy) is 1. The van der Waals surface area contributed by atoms with Gasteiger partial charge in [0, 0.05) is 31.2 Å². The quantitative estimate of drug-likeness (QED) is 0.674. The van der Waals surface area contributed by atoms with E-state index in [0.717, 1.165) is 31.8 Å². The average Bonchev–Trinajstić information content (AvgIpc) is 2.83. The molecule has 1 saturated carbocycles. The predicted molar refractivity (Wildman–Crippen MR) is 95.9 cm³/mol. The Balaban J connectivity index is 1.76. The number of rotatable bonds is 5. The summed E-state index contributed by atoms with van der Waals surface area (Å²) < 4.78 is 5.47. The summed E-state index contributed by atoms with van der Waals surface area (Å²) in [5.74, 6) is 0.746. The van der Waals surface area contributed by atoms with Crippen molar-refractivity contribution in [1.29, 1.82) is 0 Å². The minimum Gasteiger partial charge on any atom is -0.396 e. The molecule has 1 aliphatic heterocycles. The Kier molecular flexibility index (Phi) is 6.93. The zero-order valence-corrected chi connectivity index (χ0v) is 15.7. The van der Waals surface area contributed by atoms with Crippen molar-refractivity contribution < 1.29 is 14.6 Å². The molecule has 0 aromatic heterocycles. The fraction of sp³-hybridized carbons (Fsp3) is 0.947. The topological polar surface area (TPSA) is 70.6 Å². The van der Waals surface area contributed by atoms with Crippen LogP contribution in [0.1, 0.15) is 65.7 Å². The molecule has 0 bridgehead atoms. The number of hydrogen-bond acceptors (Lipinski definition) is 3. The zero-order chi connectivity index (χ0) is 17.6. The molecule has 1 aliphatic carbocycles. The molecular formula is C19H36N2O3. The van der Waals surface area contributed by atoms with Crippen LogP contribution in [0.15, 0.2) is 0 Å². The van der Waals surface area contributed by atoms with Crippen molar-refractivity contribution >= 4 is 6.03 Å². The fourth-order valence-corrected chi connectivity index (χ4v) is 4.13. The van der Waals surface area contributed by atoms with Crippen molar-refractivity contribution in [3.05, 3.63) is 0 Å². The highest BCUT2D eigenvalue weighted by Crippen LogP contribution is 2.36. The Bertz CT molecular complexity index is 400. The van der Waals surface area contributed by atoms with E-state index in [1.54, 1.807) is 0 Å². The first-order valence-electron chi connectivity index (χ1n) is 9.58. The third kappa shape index (κ3) is 5.62. The van der Waals surface area contributed by atoms with Crippen LogP contribution in [-0.2, 0) is 4.74 Å². The molecule has 0 unspecified atom stereocenters. The van der Waals surface area contributed by atoms with E-state index in [2.05, 4.69) is 31.4 Å². The second kappa shape index (κ2) is 8.52. The van der Waals surface area contributed by atoms with Gasteiger partial charge in [0.1, 0.15) is 0 Å². The minimum atomic E-state index is -0.0904. The van der Waals surface area contributed by atoms with E-state index in [1.807, 2.05) is 0 Å². The van der Waals surface area contributed by atoms with Gasteiger partial charge in [-0.2, -0.15) is 0 Å². The first-order valence-corrected chi connectivity index (χ1v) is 9.58. The maximum Gasteiger partial charge on any atom is 0.315 e.